The Morgan fingerprint density at radius 1 is 1.07 bits per heavy atom. The van der Waals surface area contributed by atoms with Crippen LogP contribution in [0.5, 0.6) is 5.75 Å². The molecule has 2 bridgehead atoms. The molecule has 2 atom stereocenters. The molecule has 4 aromatic rings. The first-order chi connectivity index (χ1) is 19.2. The summed E-state index contributed by atoms with van der Waals surface area (Å²) in [6, 6.07) is 18.3. The number of nitrogens with zero attached hydrogens (tertiary/aromatic N) is 5. The van der Waals surface area contributed by atoms with Crippen molar-refractivity contribution in [3.05, 3.63) is 83.8 Å². The van der Waals surface area contributed by atoms with Gasteiger partial charge in [-0.25, -0.2) is 4.98 Å². The Balaban J connectivity index is 1.20. The first kappa shape index (κ1) is 26.6. The smallest absolute Gasteiger partial charge is 0.276 e. The van der Waals surface area contributed by atoms with E-state index in [-0.39, 0.29) is 22.8 Å². The highest BCUT2D eigenvalue weighted by Gasteiger charge is 2.51. The number of carbonyl (C=O) groups excluding carboxylic acids is 1. The number of aromatic nitrogens is 4. The van der Waals surface area contributed by atoms with E-state index in [0.29, 0.717) is 23.8 Å². The SMILES string of the molecule is COc1ccc(-n2c(Cc3ccccc3)nnc2SCc2nc(C(=O)N3CC4(C)CC3CC(C)(C)C4)co2)cc1. The van der Waals surface area contributed by atoms with Crippen molar-refractivity contribution in [3.63, 3.8) is 0 Å². The molecule has 8 nitrogen and oxygen atoms in total. The summed E-state index contributed by atoms with van der Waals surface area (Å²) in [5, 5.41) is 9.76. The van der Waals surface area contributed by atoms with Gasteiger partial charge in [-0.2, -0.15) is 0 Å². The number of rotatable bonds is 8. The van der Waals surface area contributed by atoms with Gasteiger partial charge in [-0.1, -0.05) is 62.9 Å². The van der Waals surface area contributed by atoms with Gasteiger partial charge in [-0.3, -0.25) is 9.36 Å². The number of amides is 1. The van der Waals surface area contributed by atoms with Gasteiger partial charge >= 0.3 is 0 Å². The van der Waals surface area contributed by atoms with Gasteiger partial charge in [0.15, 0.2) is 10.9 Å². The molecule has 0 N–H and O–H groups in total. The van der Waals surface area contributed by atoms with Crippen LogP contribution in [0.25, 0.3) is 5.69 Å². The molecule has 1 amide bonds. The first-order valence-corrected chi connectivity index (χ1v) is 14.7. The van der Waals surface area contributed by atoms with Crippen molar-refractivity contribution in [2.75, 3.05) is 13.7 Å². The molecule has 1 aliphatic heterocycles. The maximum atomic E-state index is 13.5. The Morgan fingerprint density at radius 3 is 2.60 bits per heavy atom. The average Bonchev–Trinajstić information content (AvgIpc) is 3.63. The van der Waals surface area contributed by atoms with Crippen LogP contribution >= 0.6 is 11.8 Å². The molecule has 1 saturated carbocycles. The monoisotopic (exact) mass is 557 g/mol. The minimum absolute atomic E-state index is 0.0297. The topological polar surface area (TPSA) is 86.3 Å². The van der Waals surface area contributed by atoms with Gasteiger partial charge in [0.2, 0.25) is 5.89 Å². The fourth-order valence-electron chi connectivity index (χ4n) is 6.72. The van der Waals surface area contributed by atoms with E-state index in [1.54, 1.807) is 7.11 Å². The largest absolute Gasteiger partial charge is 0.497 e. The molecular formula is C31H35N5O3S. The lowest BCUT2D eigenvalue weighted by Crippen LogP contribution is -2.37. The number of fused-ring (bicyclic) bond motifs is 2. The molecule has 0 spiro atoms. The second-order valence-corrected chi connectivity index (χ2v) is 13.1. The zero-order valence-electron chi connectivity index (χ0n) is 23.5. The normalized spacial score (nSPS) is 21.5. The van der Waals surface area contributed by atoms with E-state index in [0.717, 1.165) is 53.8 Å². The third-order valence-electron chi connectivity index (χ3n) is 8.01. The maximum absolute atomic E-state index is 13.5. The lowest BCUT2D eigenvalue weighted by Gasteiger charge is -2.39. The van der Waals surface area contributed by atoms with E-state index in [2.05, 4.69) is 52.7 Å². The molecule has 6 rings (SSSR count). The Labute approximate surface area is 239 Å². The Bertz CT molecular complexity index is 1500. The van der Waals surface area contributed by atoms with Gasteiger partial charge in [0.1, 0.15) is 17.8 Å². The van der Waals surface area contributed by atoms with E-state index >= 15 is 0 Å². The number of ether oxygens (including phenoxy) is 1. The fourth-order valence-corrected chi connectivity index (χ4v) is 7.55. The number of benzene rings is 2. The zero-order valence-corrected chi connectivity index (χ0v) is 24.3. The molecule has 0 radical (unpaired) electrons. The molecule has 9 heteroatoms. The lowest BCUT2D eigenvalue weighted by atomic mass is 9.65. The van der Waals surface area contributed by atoms with Gasteiger partial charge in [0.25, 0.3) is 5.91 Å². The number of hydrogen-bond donors (Lipinski definition) is 0. The van der Waals surface area contributed by atoms with Crippen LogP contribution in [-0.4, -0.2) is 50.3 Å². The van der Waals surface area contributed by atoms with E-state index in [1.807, 2.05) is 47.4 Å². The number of likely N-dealkylation sites (tertiary alicyclic amines) is 1. The predicted molar refractivity (Wildman–Crippen MR) is 154 cm³/mol. The number of oxazole rings is 1. The van der Waals surface area contributed by atoms with E-state index < -0.39 is 0 Å². The van der Waals surface area contributed by atoms with E-state index in [1.165, 1.54) is 18.0 Å². The highest BCUT2D eigenvalue weighted by Crippen LogP contribution is 2.52. The molecule has 40 heavy (non-hydrogen) atoms. The second kappa shape index (κ2) is 10.4. The summed E-state index contributed by atoms with van der Waals surface area (Å²) in [7, 11) is 1.65. The number of hydrogen-bond acceptors (Lipinski definition) is 7. The third-order valence-corrected chi connectivity index (χ3v) is 8.92. The molecular weight excluding hydrogens is 522 g/mol. The molecule has 2 fully saturated rings. The van der Waals surface area contributed by atoms with Crippen LogP contribution in [0.4, 0.5) is 0 Å². The maximum Gasteiger partial charge on any atom is 0.276 e. The van der Waals surface area contributed by atoms with Crippen LogP contribution in [0.2, 0.25) is 0 Å². The Kier molecular flexibility index (Phi) is 6.94. The molecule has 2 aromatic carbocycles. The summed E-state index contributed by atoms with van der Waals surface area (Å²) in [6.07, 6.45) is 5.38. The Morgan fingerprint density at radius 2 is 1.85 bits per heavy atom. The molecule has 2 aliphatic rings. The van der Waals surface area contributed by atoms with Crippen LogP contribution in [0.15, 0.2) is 70.4 Å². The molecule has 2 unspecified atom stereocenters. The summed E-state index contributed by atoms with van der Waals surface area (Å²) in [4.78, 5) is 20.1. The first-order valence-electron chi connectivity index (χ1n) is 13.7. The number of thioether (sulfide) groups is 1. The third kappa shape index (κ3) is 5.39. The van der Waals surface area contributed by atoms with Crippen LogP contribution < -0.4 is 4.74 Å². The van der Waals surface area contributed by atoms with Gasteiger partial charge < -0.3 is 14.1 Å². The van der Waals surface area contributed by atoms with Crippen molar-refractivity contribution >= 4 is 17.7 Å². The fraction of sp³-hybridized carbons (Fsp3) is 0.419. The van der Waals surface area contributed by atoms with E-state index in [9.17, 15) is 4.79 Å². The van der Waals surface area contributed by atoms with Crippen molar-refractivity contribution < 1.29 is 13.9 Å². The van der Waals surface area contributed by atoms with Crippen LogP contribution in [0.1, 0.15) is 67.8 Å². The summed E-state index contributed by atoms with van der Waals surface area (Å²) >= 11 is 1.49. The average molecular weight is 558 g/mol. The quantitative estimate of drug-likeness (QED) is 0.239. The van der Waals surface area contributed by atoms with Gasteiger partial charge in [-0.05, 0) is 59.9 Å². The zero-order chi connectivity index (χ0) is 27.9. The van der Waals surface area contributed by atoms with Gasteiger partial charge in [-0.15, -0.1) is 10.2 Å². The highest BCUT2D eigenvalue weighted by molar-refractivity contribution is 7.98. The molecule has 208 valence electrons. The molecule has 2 aromatic heterocycles. The summed E-state index contributed by atoms with van der Waals surface area (Å²) < 4.78 is 13.2. The van der Waals surface area contributed by atoms with Crippen LogP contribution in [0.3, 0.4) is 0 Å². The van der Waals surface area contributed by atoms with Crippen molar-refractivity contribution in [2.45, 2.75) is 63.4 Å². The molecule has 1 aliphatic carbocycles. The summed E-state index contributed by atoms with van der Waals surface area (Å²) in [5.74, 6) is 2.51. The van der Waals surface area contributed by atoms with Crippen molar-refractivity contribution in [3.8, 4) is 11.4 Å². The summed E-state index contributed by atoms with van der Waals surface area (Å²) in [5.41, 5.74) is 2.90. The number of methoxy groups -OCH3 is 1. The minimum atomic E-state index is -0.0297. The van der Waals surface area contributed by atoms with Gasteiger partial charge in [0.05, 0.1) is 12.9 Å². The van der Waals surface area contributed by atoms with Crippen molar-refractivity contribution in [1.82, 2.24) is 24.6 Å². The molecule has 3 heterocycles. The van der Waals surface area contributed by atoms with Crippen molar-refractivity contribution in [2.24, 2.45) is 10.8 Å². The van der Waals surface area contributed by atoms with E-state index in [4.69, 9.17) is 9.15 Å². The standard InChI is InChI=1S/C31H35N5O3S/c1-30(2)15-23-16-31(3,19-30)20-35(23)28(37)25-17-39-27(32-25)18-40-29-34-33-26(14-21-8-6-5-7-9-21)36(29)22-10-12-24(38-4)13-11-22/h5-13,17,23H,14-16,18-20H2,1-4H3. The Hall–Kier alpha value is -3.59. The van der Waals surface area contributed by atoms with Crippen LogP contribution in [0, 0.1) is 10.8 Å². The summed E-state index contributed by atoms with van der Waals surface area (Å²) in [6.45, 7) is 7.72. The molecule has 1 saturated heterocycles. The highest BCUT2D eigenvalue weighted by atomic mass is 32.2. The predicted octanol–water partition coefficient (Wildman–Crippen LogP) is 6.19. The second-order valence-electron chi connectivity index (χ2n) is 12.2. The number of carbonyl (C=O) groups is 1. The van der Waals surface area contributed by atoms with Crippen LogP contribution in [-0.2, 0) is 12.2 Å². The minimum Gasteiger partial charge on any atom is -0.497 e. The van der Waals surface area contributed by atoms with Crippen molar-refractivity contribution in [1.29, 1.82) is 0 Å². The van der Waals surface area contributed by atoms with Gasteiger partial charge in [0, 0.05) is 24.7 Å². The lowest BCUT2D eigenvalue weighted by molar-refractivity contribution is 0.0702.